The lowest BCUT2D eigenvalue weighted by Gasteiger charge is -2.13. The minimum atomic E-state index is -0.897. The molecule has 0 saturated carbocycles. The first kappa shape index (κ1) is 20.7. The number of carbonyl (C=O) groups excluding carboxylic acids is 3. The summed E-state index contributed by atoms with van der Waals surface area (Å²) in [5.74, 6) is -2.18. The number of halogens is 2. The van der Waals surface area contributed by atoms with Crippen LogP contribution in [0, 0.1) is 0 Å². The number of amides is 3. The second-order valence-electron chi connectivity index (χ2n) is 6.60. The summed E-state index contributed by atoms with van der Waals surface area (Å²) in [6, 6.07) is 12.9. The van der Waals surface area contributed by atoms with E-state index in [4.69, 9.17) is 23.2 Å². The van der Waals surface area contributed by atoms with Gasteiger partial charge in [-0.2, -0.15) is 0 Å². The Balaban J connectivity index is 1.96. The highest BCUT2D eigenvalue weighted by molar-refractivity contribution is 6.38. The molecule has 2 aromatic carbocycles. The van der Waals surface area contributed by atoms with E-state index in [1.165, 1.54) is 4.68 Å². The fraction of sp³-hybridized carbons (Fsp3) is 0.150. The summed E-state index contributed by atoms with van der Waals surface area (Å²) < 4.78 is 1.26. The van der Waals surface area contributed by atoms with Crippen LogP contribution >= 0.6 is 23.2 Å². The first-order valence-electron chi connectivity index (χ1n) is 8.74. The maximum Gasteiger partial charge on any atom is 0.328 e. The smallest absolute Gasteiger partial charge is 0.328 e. The number of anilines is 1. The highest BCUT2D eigenvalue weighted by atomic mass is 35.5. The van der Waals surface area contributed by atoms with Crippen LogP contribution in [-0.2, 0) is 9.59 Å². The summed E-state index contributed by atoms with van der Waals surface area (Å²) in [7, 11) is 0. The average molecular weight is 433 g/mol. The van der Waals surface area contributed by atoms with Gasteiger partial charge in [0.2, 0.25) is 0 Å². The van der Waals surface area contributed by atoms with E-state index in [0.29, 0.717) is 26.6 Å². The van der Waals surface area contributed by atoms with Crippen molar-refractivity contribution in [1.82, 2.24) is 9.99 Å². The molecule has 9 heteroatoms. The molecule has 3 amide bonds. The molecule has 0 radical (unpaired) electrons. The molecular formula is C20H18Cl2N4O3. The molecule has 150 valence electrons. The molecule has 0 fully saturated rings. The fourth-order valence-corrected chi connectivity index (χ4v) is 2.99. The zero-order chi connectivity index (χ0) is 21.1. The molecule has 0 bridgehead atoms. The largest absolute Gasteiger partial charge is 0.346 e. The van der Waals surface area contributed by atoms with Crippen LogP contribution in [0.2, 0.25) is 10.0 Å². The van der Waals surface area contributed by atoms with Gasteiger partial charge >= 0.3 is 11.8 Å². The second-order valence-corrected chi connectivity index (χ2v) is 7.47. The van der Waals surface area contributed by atoms with E-state index in [0.717, 1.165) is 0 Å². The number of nitrogens with one attached hydrogen (secondary N) is 3. The van der Waals surface area contributed by atoms with Gasteiger partial charge in [0.05, 0.1) is 5.52 Å². The van der Waals surface area contributed by atoms with E-state index in [-0.39, 0.29) is 11.7 Å². The summed E-state index contributed by atoms with van der Waals surface area (Å²) in [6.07, 6.45) is 0. The van der Waals surface area contributed by atoms with Crippen molar-refractivity contribution in [3.8, 4) is 0 Å². The van der Waals surface area contributed by atoms with Crippen molar-refractivity contribution in [3.05, 3.63) is 64.3 Å². The lowest BCUT2D eigenvalue weighted by Crippen LogP contribution is -2.42. The van der Waals surface area contributed by atoms with Gasteiger partial charge in [0, 0.05) is 27.2 Å². The number of hydrogen-bond donors (Lipinski definition) is 3. The minimum absolute atomic E-state index is 0.128. The van der Waals surface area contributed by atoms with Gasteiger partial charge in [-0.25, -0.2) is 4.68 Å². The fourth-order valence-electron chi connectivity index (χ4n) is 2.68. The lowest BCUT2D eigenvalue weighted by molar-refractivity contribution is -0.137. The van der Waals surface area contributed by atoms with Crippen molar-refractivity contribution in [2.24, 2.45) is 0 Å². The summed E-state index contributed by atoms with van der Waals surface area (Å²) in [5.41, 5.74) is 3.64. The third-order valence-electron chi connectivity index (χ3n) is 3.94. The number of nitrogens with zero attached hydrogens (tertiary/aromatic N) is 1. The van der Waals surface area contributed by atoms with Gasteiger partial charge in [-0.15, -0.1) is 0 Å². The molecule has 0 aliphatic carbocycles. The monoisotopic (exact) mass is 432 g/mol. The van der Waals surface area contributed by atoms with Crippen LogP contribution in [0.5, 0.6) is 0 Å². The molecule has 3 rings (SSSR count). The third-order valence-corrected chi connectivity index (χ3v) is 4.42. The van der Waals surface area contributed by atoms with Crippen molar-refractivity contribution in [2.45, 2.75) is 19.9 Å². The molecule has 3 aromatic rings. The van der Waals surface area contributed by atoms with Crippen LogP contribution in [0.1, 0.15) is 24.3 Å². The summed E-state index contributed by atoms with van der Waals surface area (Å²) in [4.78, 5) is 37.2. The Kier molecular flexibility index (Phi) is 6.10. The zero-order valence-electron chi connectivity index (χ0n) is 15.6. The third kappa shape index (κ3) is 4.88. The van der Waals surface area contributed by atoms with Gasteiger partial charge in [0.15, 0.2) is 0 Å². The van der Waals surface area contributed by atoms with Gasteiger partial charge in [-0.1, -0.05) is 23.2 Å². The van der Waals surface area contributed by atoms with Crippen molar-refractivity contribution in [1.29, 1.82) is 0 Å². The van der Waals surface area contributed by atoms with E-state index in [2.05, 4.69) is 16.1 Å². The predicted molar refractivity (Wildman–Crippen MR) is 114 cm³/mol. The Hall–Kier alpha value is -3.03. The van der Waals surface area contributed by atoms with E-state index in [1.54, 1.807) is 62.4 Å². The topological polar surface area (TPSA) is 92.2 Å². The number of benzene rings is 2. The van der Waals surface area contributed by atoms with Crippen molar-refractivity contribution >= 4 is 57.5 Å². The average Bonchev–Trinajstić information content (AvgIpc) is 3.00. The molecule has 29 heavy (non-hydrogen) atoms. The summed E-state index contributed by atoms with van der Waals surface area (Å²) >= 11 is 11.9. The molecule has 0 spiro atoms. The standard InChI is InChI=1S/C20H18Cl2N4O3/c1-11(2)23-19(28)20(29)25-26-16-8-5-14(22)9-12(16)10-17(26)18(27)24-15-6-3-13(21)4-7-15/h3-11H,1-2H3,(H,23,28)(H,24,27)(H,25,29). The van der Waals surface area contributed by atoms with Gasteiger partial charge in [0.1, 0.15) is 5.69 Å². The van der Waals surface area contributed by atoms with Crippen LogP contribution in [0.3, 0.4) is 0 Å². The van der Waals surface area contributed by atoms with Crippen molar-refractivity contribution in [2.75, 3.05) is 10.7 Å². The van der Waals surface area contributed by atoms with Gasteiger partial charge in [0.25, 0.3) is 5.91 Å². The molecular weight excluding hydrogens is 415 g/mol. The maximum atomic E-state index is 12.9. The second kappa shape index (κ2) is 8.55. The van der Waals surface area contributed by atoms with Crippen LogP contribution in [0.4, 0.5) is 5.69 Å². The number of aromatic nitrogens is 1. The molecule has 1 aromatic heterocycles. The Labute approximate surface area is 176 Å². The van der Waals surface area contributed by atoms with E-state index < -0.39 is 17.7 Å². The van der Waals surface area contributed by atoms with E-state index in [1.807, 2.05) is 0 Å². The Morgan fingerprint density at radius 1 is 0.897 bits per heavy atom. The predicted octanol–water partition coefficient (Wildman–Crippen LogP) is 3.80. The SMILES string of the molecule is CC(C)NC(=O)C(=O)Nn1c(C(=O)Nc2ccc(Cl)cc2)cc2cc(Cl)ccc21. The van der Waals surface area contributed by atoms with E-state index >= 15 is 0 Å². The van der Waals surface area contributed by atoms with Crippen molar-refractivity contribution in [3.63, 3.8) is 0 Å². The van der Waals surface area contributed by atoms with Gasteiger partial charge < -0.3 is 10.6 Å². The van der Waals surface area contributed by atoms with Gasteiger partial charge in [-0.05, 0) is 62.4 Å². The number of hydrogen-bond acceptors (Lipinski definition) is 3. The van der Waals surface area contributed by atoms with Crippen LogP contribution in [0.25, 0.3) is 10.9 Å². The molecule has 0 unspecified atom stereocenters. The van der Waals surface area contributed by atoms with Crippen LogP contribution in [0.15, 0.2) is 48.5 Å². The number of rotatable bonds is 4. The molecule has 1 heterocycles. The minimum Gasteiger partial charge on any atom is -0.346 e. The summed E-state index contributed by atoms with van der Waals surface area (Å²) in [5, 5.41) is 6.88. The molecule has 0 aliphatic rings. The Morgan fingerprint density at radius 2 is 1.55 bits per heavy atom. The molecule has 3 N–H and O–H groups in total. The van der Waals surface area contributed by atoms with Crippen molar-refractivity contribution < 1.29 is 14.4 Å². The first-order chi connectivity index (χ1) is 13.7. The molecule has 0 aliphatic heterocycles. The van der Waals surface area contributed by atoms with E-state index in [9.17, 15) is 14.4 Å². The quantitative estimate of drug-likeness (QED) is 0.547. The Morgan fingerprint density at radius 3 is 2.21 bits per heavy atom. The molecule has 0 saturated heterocycles. The van der Waals surface area contributed by atoms with Crippen LogP contribution < -0.4 is 16.1 Å². The zero-order valence-corrected chi connectivity index (χ0v) is 17.1. The maximum absolute atomic E-state index is 12.9. The summed E-state index contributed by atoms with van der Waals surface area (Å²) in [6.45, 7) is 3.48. The van der Waals surface area contributed by atoms with Crippen LogP contribution in [-0.4, -0.2) is 28.4 Å². The highest BCUT2D eigenvalue weighted by Gasteiger charge is 2.21. The first-order valence-corrected chi connectivity index (χ1v) is 9.50. The number of carbonyl (C=O) groups is 3. The molecule has 0 atom stereocenters. The highest BCUT2D eigenvalue weighted by Crippen LogP contribution is 2.24. The lowest BCUT2D eigenvalue weighted by atomic mass is 10.2. The normalized spacial score (nSPS) is 10.8. The number of fused-ring (bicyclic) bond motifs is 1. The van der Waals surface area contributed by atoms with Gasteiger partial charge in [-0.3, -0.25) is 19.8 Å². The molecule has 7 nitrogen and oxygen atoms in total. The Bertz CT molecular complexity index is 1090.